The molecule has 0 saturated heterocycles. The summed E-state index contributed by atoms with van der Waals surface area (Å²) in [6.07, 6.45) is 1.52. The zero-order chi connectivity index (χ0) is 29.7. The van der Waals surface area contributed by atoms with E-state index in [2.05, 4.69) is 20.9 Å². The van der Waals surface area contributed by atoms with Crippen LogP contribution in [0.3, 0.4) is 0 Å². The third-order valence-electron chi connectivity index (χ3n) is 5.77. The predicted molar refractivity (Wildman–Crippen MR) is 155 cm³/mol. The second-order valence-corrected chi connectivity index (χ2v) is 10.9. The molecule has 218 valence electrons. The summed E-state index contributed by atoms with van der Waals surface area (Å²) in [4.78, 5) is 68.1. The van der Waals surface area contributed by atoms with Gasteiger partial charge >= 0.3 is 0 Å². The van der Waals surface area contributed by atoms with E-state index in [-0.39, 0.29) is 30.5 Å². The number of alkyl halides is 1. The van der Waals surface area contributed by atoms with Crippen molar-refractivity contribution < 1.29 is 38.2 Å². The van der Waals surface area contributed by atoms with Crippen LogP contribution in [0.4, 0.5) is 0 Å². The average molecular weight is 689 g/mol. The maximum atomic E-state index is 13.5. The number of nitrogens with one attached hydrogen (secondary N) is 3. The molecular formula is C26H33IN4O8S. The number of thiazole rings is 1. The van der Waals surface area contributed by atoms with Gasteiger partial charge in [0.25, 0.3) is 12.4 Å². The van der Waals surface area contributed by atoms with Gasteiger partial charge in [0.2, 0.25) is 11.8 Å². The fraction of sp³-hybridized carbons (Fsp3) is 0.462. The average Bonchev–Trinajstić information content (AvgIpc) is 3.38. The number of amides is 3. The molecule has 1 aromatic heterocycles. The third-order valence-corrected chi connectivity index (χ3v) is 8.13. The Balaban J connectivity index is 2.23. The lowest BCUT2D eigenvalue weighted by molar-refractivity contribution is -0.153. The fourth-order valence-electron chi connectivity index (χ4n) is 3.63. The minimum Gasteiger partial charge on any atom is -0.453 e. The van der Waals surface area contributed by atoms with Gasteiger partial charge in [0.15, 0.2) is 11.4 Å². The van der Waals surface area contributed by atoms with Crippen LogP contribution in [0, 0.1) is 6.92 Å². The molecule has 0 aliphatic heterocycles. The number of methoxy groups -OCH3 is 2. The number of aryl methyl sites for hydroxylation is 1. The Kier molecular flexibility index (Phi) is 13.6. The number of rotatable bonds is 17. The van der Waals surface area contributed by atoms with Crippen LogP contribution in [0.2, 0.25) is 0 Å². The number of nitrogens with zero attached hydrogens (tertiary/aromatic N) is 1. The van der Waals surface area contributed by atoms with E-state index in [1.54, 1.807) is 31.2 Å². The van der Waals surface area contributed by atoms with Crippen LogP contribution in [-0.2, 0) is 39.8 Å². The predicted octanol–water partition coefficient (Wildman–Crippen LogP) is 0.991. The molecule has 2 aromatic rings. The second-order valence-electron chi connectivity index (χ2n) is 8.94. The molecule has 40 heavy (non-hydrogen) atoms. The molecule has 0 saturated carbocycles. The Bertz CT molecular complexity index is 1160. The van der Waals surface area contributed by atoms with Crippen LogP contribution >= 0.6 is 33.9 Å². The molecule has 0 aliphatic carbocycles. The summed E-state index contributed by atoms with van der Waals surface area (Å²) in [5.41, 5.74) is -0.728. The Morgan fingerprint density at radius 1 is 1.00 bits per heavy atom. The summed E-state index contributed by atoms with van der Waals surface area (Å²) in [7, 11) is 2.72. The van der Waals surface area contributed by atoms with E-state index in [4.69, 9.17) is 14.2 Å². The molecule has 3 N–H and O–H groups in total. The number of Topliss-reactive ketones (excluding diaryl/α,β-unsaturated/α-hetero) is 1. The quantitative estimate of drug-likeness (QED) is 0.125. The molecule has 0 bridgehead atoms. The number of halogens is 1. The zero-order valence-electron chi connectivity index (χ0n) is 22.6. The van der Waals surface area contributed by atoms with Crippen molar-refractivity contribution in [3.05, 3.63) is 52.0 Å². The minimum atomic E-state index is -1.49. The Morgan fingerprint density at radius 2 is 1.57 bits per heavy atom. The highest BCUT2D eigenvalue weighted by molar-refractivity contribution is 14.1. The highest BCUT2D eigenvalue weighted by atomic mass is 127. The summed E-state index contributed by atoms with van der Waals surface area (Å²) in [5, 5.41) is 8.53. The first kappa shape index (κ1) is 33.3. The van der Waals surface area contributed by atoms with Crippen molar-refractivity contribution in [3.63, 3.8) is 0 Å². The van der Waals surface area contributed by atoms with Gasteiger partial charge in [-0.05, 0) is 25.8 Å². The fourth-order valence-corrected chi connectivity index (χ4v) is 4.87. The van der Waals surface area contributed by atoms with Gasteiger partial charge in [-0.2, -0.15) is 0 Å². The topological polar surface area (TPSA) is 162 Å². The number of benzene rings is 1. The normalized spacial score (nSPS) is 14.6. The van der Waals surface area contributed by atoms with E-state index in [0.717, 1.165) is 5.56 Å². The van der Waals surface area contributed by atoms with E-state index in [9.17, 15) is 24.0 Å². The highest BCUT2D eigenvalue weighted by Gasteiger charge is 2.40. The number of carbonyl (C=O) groups is 5. The van der Waals surface area contributed by atoms with Crippen LogP contribution in [-0.4, -0.2) is 90.5 Å². The standard InChI is InChI=1S/C26H33IN4O8S/c1-16-28-11-21(40-16)25(36)31-20(13-38-4)24(35)30-19(12-37-3)23(34)29-18(10-17-8-6-5-7-9-17)22(33)26(2,14-27)39-15-32/h5-9,11,15,18-20H,10,12-14H2,1-4H3,(H,29,34)(H,30,35)(H,31,36)/t18-,19-,20-,26?/m0/s1. The van der Waals surface area contributed by atoms with Crippen molar-refractivity contribution >= 4 is 63.9 Å². The molecule has 3 amide bonds. The maximum absolute atomic E-state index is 13.5. The number of hydrogen-bond donors (Lipinski definition) is 3. The number of ether oxygens (including phenoxy) is 3. The third kappa shape index (κ3) is 9.60. The summed E-state index contributed by atoms with van der Waals surface area (Å²) in [6, 6.07) is 5.57. The Morgan fingerprint density at radius 3 is 2.08 bits per heavy atom. The number of ketones is 1. The molecule has 0 radical (unpaired) electrons. The van der Waals surface area contributed by atoms with Gasteiger partial charge in [-0.1, -0.05) is 52.9 Å². The molecule has 14 heteroatoms. The van der Waals surface area contributed by atoms with Crippen molar-refractivity contribution in [2.45, 2.75) is 44.0 Å². The highest BCUT2D eigenvalue weighted by Crippen LogP contribution is 2.19. The van der Waals surface area contributed by atoms with Crippen LogP contribution < -0.4 is 16.0 Å². The SMILES string of the molecule is COC[C@H](NC(=O)c1cnc(C)s1)C(=O)N[C@@H](COC)C(=O)N[C@@H](Cc1ccccc1)C(=O)C(C)(CI)OC=O. The lowest BCUT2D eigenvalue weighted by Gasteiger charge is -2.30. The van der Waals surface area contributed by atoms with E-state index in [1.165, 1.54) is 38.7 Å². The van der Waals surface area contributed by atoms with Gasteiger partial charge in [-0.15, -0.1) is 11.3 Å². The van der Waals surface area contributed by atoms with E-state index in [1.807, 2.05) is 28.7 Å². The zero-order valence-corrected chi connectivity index (χ0v) is 25.6. The second kappa shape index (κ2) is 16.3. The van der Waals surface area contributed by atoms with Crippen molar-refractivity contribution in [1.82, 2.24) is 20.9 Å². The van der Waals surface area contributed by atoms with Crippen molar-refractivity contribution in [2.75, 3.05) is 31.9 Å². The largest absolute Gasteiger partial charge is 0.453 e. The lowest BCUT2D eigenvalue weighted by Crippen LogP contribution is -2.60. The van der Waals surface area contributed by atoms with E-state index < -0.39 is 47.2 Å². The number of hydrogen-bond acceptors (Lipinski definition) is 10. The summed E-state index contributed by atoms with van der Waals surface area (Å²) >= 11 is 3.10. The molecule has 0 spiro atoms. The lowest BCUT2D eigenvalue weighted by atomic mass is 9.92. The van der Waals surface area contributed by atoms with Crippen molar-refractivity contribution in [3.8, 4) is 0 Å². The molecule has 2 rings (SSSR count). The van der Waals surface area contributed by atoms with Gasteiger partial charge in [0.05, 0.1) is 30.5 Å². The number of carbonyl (C=O) groups excluding carboxylic acids is 5. The smallest absolute Gasteiger partial charge is 0.294 e. The molecular weight excluding hydrogens is 655 g/mol. The molecule has 0 fully saturated rings. The van der Waals surface area contributed by atoms with Gasteiger partial charge in [0.1, 0.15) is 17.0 Å². The Labute approximate surface area is 250 Å². The van der Waals surface area contributed by atoms with Gasteiger partial charge in [-0.25, -0.2) is 4.98 Å². The van der Waals surface area contributed by atoms with Gasteiger partial charge in [-0.3, -0.25) is 24.0 Å². The summed E-state index contributed by atoms with van der Waals surface area (Å²) < 4.78 is 15.5. The molecule has 1 unspecified atom stereocenters. The van der Waals surface area contributed by atoms with Crippen LogP contribution in [0.15, 0.2) is 36.5 Å². The van der Waals surface area contributed by atoms with E-state index in [0.29, 0.717) is 9.88 Å². The monoisotopic (exact) mass is 688 g/mol. The molecule has 4 atom stereocenters. The van der Waals surface area contributed by atoms with Crippen molar-refractivity contribution in [1.29, 1.82) is 0 Å². The van der Waals surface area contributed by atoms with Gasteiger partial charge < -0.3 is 30.2 Å². The molecule has 1 heterocycles. The molecule has 1 aromatic carbocycles. The van der Waals surface area contributed by atoms with Crippen molar-refractivity contribution in [2.24, 2.45) is 0 Å². The summed E-state index contributed by atoms with van der Waals surface area (Å²) in [6.45, 7) is 3.03. The first-order valence-corrected chi connectivity index (χ1v) is 14.5. The van der Waals surface area contributed by atoms with E-state index >= 15 is 0 Å². The first-order chi connectivity index (χ1) is 19.1. The van der Waals surface area contributed by atoms with Crippen LogP contribution in [0.25, 0.3) is 0 Å². The molecule has 0 aliphatic rings. The summed E-state index contributed by atoms with van der Waals surface area (Å²) in [5.74, 6) is -2.43. The minimum absolute atomic E-state index is 0.115. The van der Waals surface area contributed by atoms with Crippen LogP contribution in [0.1, 0.15) is 27.2 Å². The molecule has 12 nitrogen and oxygen atoms in total. The Hall–Kier alpha value is -2.95. The van der Waals surface area contributed by atoms with Crippen LogP contribution in [0.5, 0.6) is 0 Å². The van der Waals surface area contributed by atoms with Gasteiger partial charge in [0, 0.05) is 18.6 Å². The maximum Gasteiger partial charge on any atom is 0.294 e. The first-order valence-electron chi connectivity index (χ1n) is 12.2. The number of aromatic nitrogens is 1.